The van der Waals surface area contributed by atoms with Crippen molar-refractivity contribution < 1.29 is 9.26 Å². The standard InChI is InChI=1S/C29H28N4O2S/c1-4-20-13-15-23(16-14-20)27-31-28(35-32-27)25-19(2)33(18-21-9-8-12-24(17-21)34-3)29(36)30-26(25)22-10-6-5-7-11-22/h5-17,26H,4,18H2,1-3H3,(H,30,36). The number of nitrogens with one attached hydrogen (secondary N) is 1. The summed E-state index contributed by atoms with van der Waals surface area (Å²) in [5, 5.41) is 8.47. The third-order valence-corrected chi connectivity index (χ3v) is 6.82. The summed E-state index contributed by atoms with van der Waals surface area (Å²) in [7, 11) is 1.67. The summed E-state index contributed by atoms with van der Waals surface area (Å²) in [4.78, 5) is 6.88. The van der Waals surface area contributed by atoms with Gasteiger partial charge in [0, 0.05) is 11.3 Å². The number of methoxy groups -OCH3 is 1. The average Bonchev–Trinajstić information content (AvgIpc) is 3.41. The molecule has 1 unspecified atom stereocenters. The first kappa shape index (κ1) is 23.8. The molecule has 0 saturated heterocycles. The van der Waals surface area contributed by atoms with Crippen LogP contribution in [0.15, 0.2) is 89.1 Å². The molecule has 1 aliphatic heterocycles. The minimum absolute atomic E-state index is 0.212. The smallest absolute Gasteiger partial charge is 0.258 e. The van der Waals surface area contributed by atoms with Gasteiger partial charge in [-0.2, -0.15) is 4.98 Å². The van der Waals surface area contributed by atoms with Gasteiger partial charge in [-0.1, -0.05) is 78.8 Å². The molecule has 0 fully saturated rings. The van der Waals surface area contributed by atoms with Gasteiger partial charge in [0.15, 0.2) is 5.11 Å². The van der Waals surface area contributed by atoms with Crippen molar-refractivity contribution in [2.45, 2.75) is 32.9 Å². The van der Waals surface area contributed by atoms with Crippen LogP contribution in [0.5, 0.6) is 5.75 Å². The summed E-state index contributed by atoms with van der Waals surface area (Å²) < 4.78 is 11.3. The van der Waals surface area contributed by atoms with Crippen molar-refractivity contribution in [2.75, 3.05) is 7.11 Å². The van der Waals surface area contributed by atoms with Crippen LogP contribution in [0.25, 0.3) is 17.0 Å². The third kappa shape index (κ3) is 4.75. The first-order valence-electron chi connectivity index (χ1n) is 12.0. The van der Waals surface area contributed by atoms with Crippen LogP contribution in [0, 0.1) is 0 Å². The first-order valence-corrected chi connectivity index (χ1v) is 12.4. The number of hydrogen-bond acceptors (Lipinski definition) is 5. The molecule has 0 amide bonds. The molecule has 0 bridgehead atoms. The Labute approximate surface area is 216 Å². The van der Waals surface area contributed by atoms with Crippen molar-refractivity contribution in [3.05, 3.63) is 107 Å². The van der Waals surface area contributed by atoms with Gasteiger partial charge in [-0.3, -0.25) is 0 Å². The van der Waals surface area contributed by atoms with E-state index in [4.69, 9.17) is 26.5 Å². The summed E-state index contributed by atoms with van der Waals surface area (Å²) >= 11 is 5.83. The Kier molecular flexibility index (Phi) is 6.82. The minimum Gasteiger partial charge on any atom is -0.497 e. The Morgan fingerprint density at radius 2 is 1.78 bits per heavy atom. The molecule has 0 radical (unpaired) electrons. The van der Waals surface area contributed by atoms with Crippen molar-refractivity contribution in [3.63, 3.8) is 0 Å². The molecule has 7 heteroatoms. The number of allylic oxidation sites excluding steroid dienone is 1. The number of thiocarbonyl (C=S) groups is 1. The number of nitrogens with zero attached hydrogens (tertiary/aromatic N) is 3. The summed E-state index contributed by atoms with van der Waals surface area (Å²) in [5.41, 5.74) is 6.21. The maximum atomic E-state index is 5.86. The number of aryl methyl sites for hydroxylation is 1. The summed E-state index contributed by atoms with van der Waals surface area (Å²) in [6.07, 6.45) is 0.983. The van der Waals surface area contributed by atoms with Gasteiger partial charge >= 0.3 is 0 Å². The molecule has 3 aromatic carbocycles. The number of hydrogen-bond donors (Lipinski definition) is 1. The number of rotatable bonds is 7. The monoisotopic (exact) mass is 496 g/mol. The number of aromatic nitrogens is 2. The van der Waals surface area contributed by atoms with E-state index in [2.05, 4.69) is 59.6 Å². The molecule has 4 aromatic rings. The zero-order chi connectivity index (χ0) is 25.1. The molecule has 5 rings (SSSR count). The van der Waals surface area contributed by atoms with Crippen molar-refractivity contribution in [2.24, 2.45) is 0 Å². The second-order valence-electron chi connectivity index (χ2n) is 8.70. The van der Waals surface area contributed by atoms with Crippen LogP contribution < -0.4 is 10.1 Å². The van der Waals surface area contributed by atoms with Gasteiger partial charge in [-0.05, 0) is 54.4 Å². The first-order chi connectivity index (χ1) is 17.6. The number of ether oxygens (including phenoxy) is 1. The van der Waals surface area contributed by atoms with E-state index in [1.165, 1.54) is 5.56 Å². The molecule has 36 heavy (non-hydrogen) atoms. The molecule has 1 aromatic heterocycles. The molecule has 0 aliphatic carbocycles. The van der Waals surface area contributed by atoms with E-state index < -0.39 is 0 Å². The maximum Gasteiger partial charge on any atom is 0.258 e. The van der Waals surface area contributed by atoms with E-state index in [0.717, 1.165) is 40.1 Å². The Hall–Kier alpha value is -3.97. The van der Waals surface area contributed by atoms with Crippen molar-refractivity contribution in [1.82, 2.24) is 20.4 Å². The zero-order valence-corrected chi connectivity index (χ0v) is 21.4. The lowest BCUT2D eigenvalue weighted by molar-refractivity contribution is 0.395. The lowest BCUT2D eigenvalue weighted by atomic mass is 9.94. The molecule has 0 spiro atoms. The highest BCUT2D eigenvalue weighted by Crippen LogP contribution is 2.38. The molecule has 1 atom stereocenters. The van der Waals surface area contributed by atoms with Crippen molar-refractivity contribution in [3.8, 4) is 17.1 Å². The largest absolute Gasteiger partial charge is 0.497 e. The summed E-state index contributed by atoms with van der Waals surface area (Å²) in [6, 6.07) is 26.2. The second kappa shape index (κ2) is 10.3. The van der Waals surface area contributed by atoms with E-state index in [9.17, 15) is 0 Å². The van der Waals surface area contributed by atoms with E-state index in [-0.39, 0.29) is 6.04 Å². The zero-order valence-electron chi connectivity index (χ0n) is 20.6. The van der Waals surface area contributed by atoms with Crippen LogP contribution in [0.3, 0.4) is 0 Å². The molecule has 0 saturated carbocycles. The maximum absolute atomic E-state index is 5.86. The van der Waals surface area contributed by atoms with E-state index in [0.29, 0.717) is 23.4 Å². The third-order valence-electron chi connectivity index (χ3n) is 6.48. The fourth-order valence-electron chi connectivity index (χ4n) is 4.44. The Bertz CT molecular complexity index is 1400. The fraction of sp³-hybridized carbons (Fsp3) is 0.207. The summed E-state index contributed by atoms with van der Waals surface area (Å²) in [5.74, 6) is 1.84. The van der Waals surface area contributed by atoms with E-state index in [1.807, 2.05) is 48.5 Å². The molecular formula is C29H28N4O2S. The fourth-order valence-corrected chi connectivity index (χ4v) is 4.76. The average molecular weight is 497 g/mol. The van der Waals surface area contributed by atoms with Gasteiger partial charge in [0.2, 0.25) is 5.82 Å². The normalized spacial score (nSPS) is 15.7. The van der Waals surface area contributed by atoms with Crippen LogP contribution in [-0.2, 0) is 13.0 Å². The van der Waals surface area contributed by atoms with Gasteiger partial charge in [0.1, 0.15) is 5.75 Å². The predicted molar refractivity (Wildman–Crippen MR) is 145 cm³/mol. The van der Waals surface area contributed by atoms with Gasteiger partial charge < -0.3 is 19.5 Å². The molecule has 6 nitrogen and oxygen atoms in total. The number of benzene rings is 3. The second-order valence-corrected chi connectivity index (χ2v) is 9.09. The van der Waals surface area contributed by atoms with Gasteiger partial charge in [-0.15, -0.1) is 0 Å². The highest BCUT2D eigenvalue weighted by molar-refractivity contribution is 7.80. The van der Waals surface area contributed by atoms with Gasteiger partial charge in [0.25, 0.3) is 5.89 Å². The molecule has 1 aliphatic rings. The van der Waals surface area contributed by atoms with E-state index in [1.54, 1.807) is 7.11 Å². The van der Waals surface area contributed by atoms with Crippen molar-refractivity contribution in [1.29, 1.82) is 0 Å². The minimum atomic E-state index is -0.212. The lowest BCUT2D eigenvalue weighted by Crippen LogP contribution is -2.45. The highest BCUT2D eigenvalue weighted by Gasteiger charge is 2.34. The predicted octanol–water partition coefficient (Wildman–Crippen LogP) is 6.17. The van der Waals surface area contributed by atoms with Gasteiger partial charge in [0.05, 0.1) is 25.3 Å². The summed E-state index contributed by atoms with van der Waals surface area (Å²) in [6.45, 7) is 4.77. The van der Waals surface area contributed by atoms with Crippen LogP contribution >= 0.6 is 12.2 Å². The Balaban J connectivity index is 1.56. The van der Waals surface area contributed by atoms with Crippen LogP contribution in [0.4, 0.5) is 0 Å². The van der Waals surface area contributed by atoms with Crippen molar-refractivity contribution >= 4 is 22.9 Å². The topological polar surface area (TPSA) is 63.4 Å². The SMILES string of the molecule is CCc1ccc(-c2noc(C3=C(C)N(Cc4cccc(OC)c4)C(=S)NC3c3ccccc3)n2)cc1. The van der Waals surface area contributed by atoms with E-state index >= 15 is 0 Å². The quantitative estimate of drug-likeness (QED) is 0.307. The lowest BCUT2D eigenvalue weighted by Gasteiger charge is -2.37. The highest BCUT2D eigenvalue weighted by atomic mass is 32.1. The Morgan fingerprint density at radius 1 is 1.00 bits per heavy atom. The molecule has 182 valence electrons. The van der Waals surface area contributed by atoms with Gasteiger partial charge in [-0.25, -0.2) is 0 Å². The molecule has 2 heterocycles. The molecular weight excluding hydrogens is 468 g/mol. The van der Waals surface area contributed by atoms with Crippen LogP contribution in [-0.4, -0.2) is 27.3 Å². The van der Waals surface area contributed by atoms with Crippen LogP contribution in [0.2, 0.25) is 0 Å². The molecule has 1 N–H and O–H groups in total. The Morgan fingerprint density at radius 3 is 2.50 bits per heavy atom. The van der Waals surface area contributed by atoms with Crippen LogP contribution in [0.1, 0.15) is 42.5 Å².